The van der Waals surface area contributed by atoms with Crippen LogP contribution in [0.15, 0.2) is 36.5 Å². The van der Waals surface area contributed by atoms with Gasteiger partial charge in [-0.1, -0.05) is 35.9 Å². The Morgan fingerprint density at radius 2 is 1.81 bits per heavy atom. The van der Waals surface area contributed by atoms with E-state index in [1.807, 2.05) is 0 Å². The Hall–Kier alpha value is -2.65. The predicted octanol–water partition coefficient (Wildman–Crippen LogP) is 5.68. The van der Waals surface area contributed by atoms with E-state index in [1.165, 1.54) is 35.4 Å². The largest absolute Gasteiger partial charge is 0.460 e. The van der Waals surface area contributed by atoms with Gasteiger partial charge < -0.3 is 9.64 Å². The van der Waals surface area contributed by atoms with Gasteiger partial charge in [0, 0.05) is 18.3 Å². The number of halogens is 5. The monoisotopic (exact) mass is 558 g/mol. The zero-order chi connectivity index (χ0) is 27.5. The number of hydrogen-bond acceptors (Lipinski definition) is 5. The van der Waals surface area contributed by atoms with Crippen LogP contribution in [0.2, 0.25) is 5.02 Å². The fourth-order valence-electron chi connectivity index (χ4n) is 4.30. The molecule has 1 heterocycles. The number of aromatic nitrogens is 1. The number of ketones is 1. The normalized spacial score (nSPS) is 19.3. The fourth-order valence-corrected chi connectivity index (χ4v) is 4.59. The summed E-state index contributed by atoms with van der Waals surface area (Å²) in [5.74, 6) is -3.58. The number of carbonyl (C=O) groups excluding carboxylic acids is 3. The molecular weight excluding hydrogens is 532 g/mol. The zero-order valence-corrected chi connectivity index (χ0v) is 22.1. The number of benzene rings is 1. The molecule has 1 saturated carbocycles. The van der Waals surface area contributed by atoms with Gasteiger partial charge in [-0.25, -0.2) is 13.2 Å². The van der Waals surface area contributed by atoms with Gasteiger partial charge in [-0.2, -0.15) is 0 Å². The SMILES string of the molecule is CC(C)(C)OC(=O)C1CC(C(=O)Cc2ncc(Cl)cc2F)(N(Cc2ccc(C(F)F)cc2)C(=O)CCl)C1. The highest BCUT2D eigenvalue weighted by Gasteiger charge is 2.58. The molecule has 0 bridgehead atoms. The number of hydrogen-bond donors (Lipinski definition) is 0. The van der Waals surface area contributed by atoms with Gasteiger partial charge in [0.25, 0.3) is 6.43 Å². The minimum atomic E-state index is -2.66. The van der Waals surface area contributed by atoms with Crippen LogP contribution < -0.4 is 0 Å². The van der Waals surface area contributed by atoms with Crippen molar-refractivity contribution in [1.29, 1.82) is 0 Å². The van der Waals surface area contributed by atoms with E-state index in [4.69, 9.17) is 27.9 Å². The first-order valence-corrected chi connectivity index (χ1v) is 12.5. The first kappa shape index (κ1) is 28.9. The van der Waals surface area contributed by atoms with Crippen molar-refractivity contribution in [2.75, 3.05) is 5.88 Å². The number of pyridine rings is 1. The van der Waals surface area contributed by atoms with Gasteiger partial charge in [0.05, 0.1) is 23.1 Å². The quantitative estimate of drug-likeness (QED) is 0.292. The first-order valence-electron chi connectivity index (χ1n) is 11.6. The summed E-state index contributed by atoms with van der Waals surface area (Å²) in [5, 5.41) is 0.0586. The Balaban J connectivity index is 1.95. The van der Waals surface area contributed by atoms with Gasteiger partial charge in [-0.3, -0.25) is 19.4 Å². The number of rotatable bonds is 9. The molecule has 3 rings (SSSR count). The lowest BCUT2D eigenvalue weighted by atomic mass is 9.63. The second kappa shape index (κ2) is 11.4. The molecule has 1 aliphatic carbocycles. The lowest BCUT2D eigenvalue weighted by Crippen LogP contribution is -2.66. The Labute approximate surface area is 223 Å². The third-order valence-electron chi connectivity index (χ3n) is 6.14. The zero-order valence-electron chi connectivity index (χ0n) is 20.6. The Morgan fingerprint density at radius 1 is 1.19 bits per heavy atom. The summed E-state index contributed by atoms with van der Waals surface area (Å²) in [6.07, 6.45) is -2.04. The van der Waals surface area contributed by atoms with Gasteiger partial charge >= 0.3 is 5.97 Å². The van der Waals surface area contributed by atoms with Crippen LogP contribution in [0.1, 0.15) is 56.9 Å². The highest BCUT2D eigenvalue weighted by atomic mass is 35.5. The molecule has 11 heteroatoms. The lowest BCUT2D eigenvalue weighted by Gasteiger charge is -2.52. The molecule has 0 saturated heterocycles. The van der Waals surface area contributed by atoms with Crippen molar-refractivity contribution in [3.63, 3.8) is 0 Å². The predicted molar refractivity (Wildman–Crippen MR) is 132 cm³/mol. The van der Waals surface area contributed by atoms with Gasteiger partial charge in [0.15, 0.2) is 5.78 Å². The van der Waals surface area contributed by atoms with Crippen molar-refractivity contribution in [3.05, 3.63) is 64.2 Å². The molecule has 0 radical (unpaired) electrons. The molecule has 0 aliphatic heterocycles. The van der Waals surface area contributed by atoms with Gasteiger partial charge in [-0.05, 0) is 45.2 Å². The summed E-state index contributed by atoms with van der Waals surface area (Å²) in [4.78, 5) is 44.5. The smallest absolute Gasteiger partial charge is 0.309 e. The second-order valence-corrected chi connectivity index (χ2v) is 10.7. The summed E-state index contributed by atoms with van der Waals surface area (Å²) in [6, 6.07) is 6.35. The van der Waals surface area contributed by atoms with Crippen LogP contribution in [0.5, 0.6) is 0 Å². The number of alkyl halides is 3. The van der Waals surface area contributed by atoms with E-state index in [0.29, 0.717) is 5.56 Å². The van der Waals surface area contributed by atoms with Crippen molar-refractivity contribution in [2.45, 2.75) is 64.1 Å². The summed E-state index contributed by atoms with van der Waals surface area (Å²) < 4.78 is 45.9. The maximum Gasteiger partial charge on any atom is 0.309 e. The highest BCUT2D eigenvalue weighted by Crippen LogP contribution is 2.46. The number of nitrogens with zero attached hydrogens (tertiary/aromatic N) is 2. The number of esters is 1. The molecule has 1 aliphatic rings. The highest BCUT2D eigenvalue weighted by molar-refractivity contribution is 6.30. The molecule has 2 aromatic rings. The van der Waals surface area contributed by atoms with Crippen LogP contribution >= 0.6 is 23.2 Å². The van der Waals surface area contributed by atoms with Gasteiger partial charge in [-0.15, -0.1) is 11.6 Å². The van der Waals surface area contributed by atoms with E-state index in [2.05, 4.69) is 4.98 Å². The second-order valence-electron chi connectivity index (χ2n) is 10.0. The average Bonchev–Trinajstić information content (AvgIpc) is 2.78. The third kappa shape index (κ3) is 6.82. The van der Waals surface area contributed by atoms with Crippen LogP contribution in [0.4, 0.5) is 13.2 Å². The molecule has 1 aromatic carbocycles. The van der Waals surface area contributed by atoms with E-state index in [1.54, 1.807) is 20.8 Å². The van der Waals surface area contributed by atoms with Gasteiger partial charge in [0.1, 0.15) is 22.8 Å². The van der Waals surface area contributed by atoms with Crippen molar-refractivity contribution in [3.8, 4) is 0 Å². The van der Waals surface area contributed by atoms with Crippen LogP contribution in [-0.4, -0.2) is 44.6 Å². The van der Waals surface area contributed by atoms with Crippen LogP contribution in [0.25, 0.3) is 0 Å². The molecule has 37 heavy (non-hydrogen) atoms. The number of Topliss-reactive ketones (excluding diaryl/α,β-unsaturated/α-hetero) is 1. The minimum absolute atomic E-state index is 0.0586. The Kier molecular flexibility index (Phi) is 8.90. The van der Waals surface area contributed by atoms with E-state index in [-0.39, 0.29) is 35.7 Å². The number of carbonyl (C=O) groups is 3. The van der Waals surface area contributed by atoms with E-state index in [0.717, 1.165) is 6.07 Å². The average molecular weight is 559 g/mol. The van der Waals surface area contributed by atoms with E-state index >= 15 is 0 Å². The molecule has 1 amide bonds. The molecular formula is C26H27Cl2F3N2O4. The van der Waals surface area contributed by atoms with E-state index < -0.39 is 59.3 Å². The molecule has 200 valence electrons. The van der Waals surface area contributed by atoms with Crippen LogP contribution in [0.3, 0.4) is 0 Å². The molecule has 1 aromatic heterocycles. The Bertz CT molecular complexity index is 1160. The maximum atomic E-state index is 14.5. The number of ether oxygens (including phenoxy) is 1. The standard InChI is InChI=1S/C26H27Cl2F3N2O4/c1-25(2,3)37-24(36)17-10-26(11-17,21(34)9-20-19(29)8-18(28)13-32-20)33(22(35)12-27)14-15-4-6-16(7-5-15)23(30)31/h4-8,13,17,23H,9-12,14H2,1-3H3. The van der Waals surface area contributed by atoms with Crippen molar-refractivity contribution in [1.82, 2.24) is 9.88 Å². The summed E-state index contributed by atoms with van der Waals surface area (Å²) in [6.45, 7) is 5.01. The molecule has 0 unspecified atom stereocenters. The molecule has 0 N–H and O–H groups in total. The molecule has 1 fully saturated rings. The summed E-state index contributed by atoms with van der Waals surface area (Å²) in [5.41, 5.74) is -2.13. The van der Waals surface area contributed by atoms with Crippen LogP contribution in [0, 0.1) is 11.7 Å². The third-order valence-corrected chi connectivity index (χ3v) is 6.58. The first-order chi connectivity index (χ1) is 17.3. The summed E-state index contributed by atoms with van der Waals surface area (Å²) in [7, 11) is 0. The minimum Gasteiger partial charge on any atom is -0.460 e. The van der Waals surface area contributed by atoms with Crippen molar-refractivity contribution < 1.29 is 32.3 Å². The molecule has 6 nitrogen and oxygen atoms in total. The van der Waals surface area contributed by atoms with Crippen molar-refractivity contribution >= 4 is 40.9 Å². The Morgan fingerprint density at radius 3 is 2.32 bits per heavy atom. The van der Waals surface area contributed by atoms with Crippen molar-refractivity contribution in [2.24, 2.45) is 5.92 Å². The van der Waals surface area contributed by atoms with Gasteiger partial charge in [0.2, 0.25) is 5.91 Å². The topological polar surface area (TPSA) is 76.6 Å². The van der Waals surface area contributed by atoms with Crippen LogP contribution in [-0.2, 0) is 32.1 Å². The summed E-state index contributed by atoms with van der Waals surface area (Å²) >= 11 is 11.6. The lowest BCUT2D eigenvalue weighted by molar-refractivity contribution is -0.176. The van der Waals surface area contributed by atoms with E-state index in [9.17, 15) is 27.6 Å². The molecule has 0 atom stereocenters. The fraction of sp³-hybridized carbons (Fsp3) is 0.462. The number of amides is 1. The maximum absolute atomic E-state index is 14.5. The molecule has 0 spiro atoms.